The Morgan fingerprint density at radius 1 is 1.57 bits per heavy atom. The molecule has 114 valence electrons. The molecule has 0 fully saturated rings. The highest BCUT2D eigenvalue weighted by molar-refractivity contribution is 5.96. The Bertz CT molecular complexity index is 522. The van der Waals surface area contributed by atoms with E-state index in [-0.39, 0.29) is 25.7 Å². The van der Waals surface area contributed by atoms with Crippen LogP contribution in [0, 0.1) is 11.8 Å². The Hall–Kier alpha value is -1.94. The summed E-state index contributed by atoms with van der Waals surface area (Å²) in [6.07, 6.45) is 2.63. The highest BCUT2D eigenvalue weighted by atomic mass is 16.5. The van der Waals surface area contributed by atoms with E-state index in [1.54, 1.807) is 13.1 Å². The Morgan fingerprint density at radius 3 is 3.00 bits per heavy atom. The average Bonchev–Trinajstić information content (AvgIpc) is 2.47. The molecule has 1 aromatic rings. The predicted molar refractivity (Wildman–Crippen MR) is 77.7 cm³/mol. The summed E-state index contributed by atoms with van der Waals surface area (Å²) >= 11 is 0. The Kier molecular flexibility index (Phi) is 7.40. The standard InChI is InChI=1S/C15H20N2O4/c1-17(10-13(19)11-21-2)15(20)14-6-7-16-9-12(14)5-3-4-8-18/h6-7,9,13,18-19H,4,8,10-11H2,1-2H3. The molecule has 0 radical (unpaired) electrons. The van der Waals surface area contributed by atoms with E-state index in [1.807, 2.05) is 0 Å². The fourth-order valence-corrected chi connectivity index (χ4v) is 1.74. The number of hydrogen-bond acceptors (Lipinski definition) is 5. The number of nitrogens with zero attached hydrogens (tertiary/aromatic N) is 2. The molecule has 0 aliphatic carbocycles. The molecule has 6 heteroatoms. The maximum atomic E-state index is 12.4. The summed E-state index contributed by atoms with van der Waals surface area (Å²) in [5, 5.41) is 18.4. The highest BCUT2D eigenvalue weighted by Crippen LogP contribution is 2.09. The molecule has 2 N–H and O–H groups in total. The molecule has 0 aliphatic rings. The van der Waals surface area contributed by atoms with Crippen molar-refractivity contribution in [3.8, 4) is 11.8 Å². The summed E-state index contributed by atoms with van der Waals surface area (Å²) in [5.41, 5.74) is 0.923. The summed E-state index contributed by atoms with van der Waals surface area (Å²) in [6.45, 7) is 0.301. The Morgan fingerprint density at radius 2 is 2.33 bits per heavy atom. The molecule has 0 aliphatic heterocycles. The van der Waals surface area contributed by atoms with E-state index in [2.05, 4.69) is 16.8 Å². The summed E-state index contributed by atoms with van der Waals surface area (Å²) in [6, 6.07) is 1.59. The van der Waals surface area contributed by atoms with Gasteiger partial charge in [0.05, 0.1) is 30.4 Å². The number of carbonyl (C=O) groups excluding carboxylic acids is 1. The number of hydrogen-bond donors (Lipinski definition) is 2. The zero-order valence-corrected chi connectivity index (χ0v) is 12.2. The second-order valence-corrected chi connectivity index (χ2v) is 4.49. The minimum atomic E-state index is -0.741. The van der Waals surface area contributed by atoms with Gasteiger partial charge >= 0.3 is 0 Å². The lowest BCUT2D eigenvalue weighted by atomic mass is 10.1. The largest absolute Gasteiger partial charge is 0.395 e. The van der Waals surface area contributed by atoms with Crippen molar-refractivity contribution in [3.05, 3.63) is 29.6 Å². The van der Waals surface area contributed by atoms with Crippen LogP contribution in [0.2, 0.25) is 0 Å². The van der Waals surface area contributed by atoms with E-state index in [0.717, 1.165) is 0 Å². The number of ether oxygens (including phenoxy) is 1. The normalized spacial score (nSPS) is 11.4. The van der Waals surface area contributed by atoms with Gasteiger partial charge in [0, 0.05) is 39.5 Å². The monoisotopic (exact) mass is 292 g/mol. The molecule has 1 atom stereocenters. The van der Waals surface area contributed by atoms with Crippen LogP contribution in [0.3, 0.4) is 0 Å². The van der Waals surface area contributed by atoms with Crippen molar-refractivity contribution in [1.82, 2.24) is 9.88 Å². The lowest BCUT2D eigenvalue weighted by Gasteiger charge is -2.21. The molecule has 1 heterocycles. The number of aromatic nitrogens is 1. The van der Waals surface area contributed by atoms with E-state index in [1.165, 1.54) is 24.4 Å². The van der Waals surface area contributed by atoms with Crippen LogP contribution in [0.15, 0.2) is 18.5 Å². The minimum Gasteiger partial charge on any atom is -0.395 e. The fourth-order valence-electron chi connectivity index (χ4n) is 1.74. The number of likely N-dealkylation sites (N-methyl/N-ethyl adjacent to an activating group) is 1. The molecule has 1 unspecified atom stereocenters. The highest BCUT2D eigenvalue weighted by Gasteiger charge is 2.17. The lowest BCUT2D eigenvalue weighted by Crippen LogP contribution is -2.36. The van der Waals surface area contributed by atoms with E-state index in [0.29, 0.717) is 17.5 Å². The van der Waals surface area contributed by atoms with Crippen LogP contribution in [0.1, 0.15) is 22.3 Å². The van der Waals surface area contributed by atoms with Crippen LogP contribution in [0.25, 0.3) is 0 Å². The fraction of sp³-hybridized carbons (Fsp3) is 0.467. The smallest absolute Gasteiger partial charge is 0.255 e. The van der Waals surface area contributed by atoms with Gasteiger partial charge in [0.25, 0.3) is 5.91 Å². The van der Waals surface area contributed by atoms with Gasteiger partial charge in [-0.2, -0.15) is 0 Å². The summed E-state index contributed by atoms with van der Waals surface area (Å²) in [7, 11) is 3.09. The van der Waals surface area contributed by atoms with Crippen LogP contribution in [-0.2, 0) is 4.74 Å². The van der Waals surface area contributed by atoms with Crippen molar-refractivity contribution in [2.45, 2.75) is 12.5 Å². The van der Waals surface area contributed by atoms with Gasteiger partial charge in [0.2, 0.25) is 0 Å². The van der Waals surface area contributed by atoms with Gasteiger partial charge in [-0.05, 0) is 6.07 Å². The van der Waals surface area contributed by atoms with Crippen LogP contribution < -0.4 is 0 Å². The van der Waals surface area contributed by atoms with Gasteiger partial charge in [-0.3, -0.25) is 9.78 Å². The molecule has 6 nitrogen and oxygen atoms in total. The van der Waals surface area contributed by atoms with E-state index >= 15 is 0 Å². The number of rotatable bonds is 6. The third-order valence-electron chi connectivity index (χ3n) is 2.70. The van der Waals surface area contributed by atoms with Crippen molar-refractivity contribution in [3.63, 3.8) is 0 Å². The SMILES string of the molecule is COCC(O)CN(C)C(=O)c1ccncc1C#CCCO. The quantitative estimate of drug-likeness (QED) is 0.715. The van der Waals surface area contributed by atoms with Gasteiger partial charge in [0.15, 0.2) is 0 Å². The molecule has 0 bridgehead atoms. The summed E-state index contributed by atoms with van der Waals surface area (Å²) in [5.74, 6) is 5.34. The van der Waals surface area contributed by atoms with Gasteiger partial charge in [-0.25, -0.2) is 0 Å². The predicted octanol–water partition coefficient (Wildman–Crippen LogP) is -0.105. The third-order valence-corrected chi connectivity index (χ3v) is 2.70. The molecular formula is C15H20N2O4. The van der Waals surface area contributed by atoms with Crippen molar-refractivity contribution in [2.24, 2.45) is 0 Å². The number of aliphatic hydroxyl groups is 2. The Balaban J connectivity index is 2.85. The van der Waals surface area contributed by atoms with Gasteiger partial charge < -0.3 is 19.8 Å². The first kappa shape index (κ1) is 17.1. The van der Waals surface area contributed by atoms with Gasteiger partial charge in [-0.1, -0.05) is 11.8 Å². The molecule has 0 saturated heterocycles. The first-order valence-electron chi connectivity index (χ1n) is 6.56. The van der Waals surface area contributed by atoms with E-state index < -0.39 is 6.10 Å². The third kappa shape index (κ3) is 5.52. The van der Waals surface area contributed by atoms with Gasteiger partial charge in [-0.15, -0.1) is 0 Å². The second kappa shape index (κ2) is 9.08. The summed E-state index contributed by atoms with van der Waals surface area (Å²) < 4.78 is 4.84. The van der Waals surface area contributed by atoms with Crippen LogP contribution in [0.4, 0.5) is 0 Å². The molecular weight excluding hydrogens is 272 g/mol. The number of aliphatic hydroxyl groups excluding tert-OH is 2. The van der Waals surface area contributed by atoms with Crippen LogP contribution in [-0.4, -0.2) is 66.0 Å². The van der Waals surface area contributed by atoms with Crippen molar-refractivity contribution in [2.75, 3.05) is 33.9 Å². The molecule has 0 aromatic carbocycles. The molecule has 0 saturated carbocycles. The number of amides is 1. The maximum absolute atomic E-state index is 12.4. The second-order valence-electron chi connectivity index (χ2n) is 4.49. The van der Waals surface area contributed by atoms with E-state index in [4.69, 9.17) is 9.84 Å². The van der Waals surface area contributed by atoms with Crippen LogP contribution >= 0.6 is 0 Å². The lowest BCUT2D eigenvalue weighted by molar-refractivity contribution is 0.0380. The zero-order chi connectivity index (χ0) is 15.7. The number of carbonyl (C=O) groups is 1. The summed E-state index contributed by atoms with van der Waals surface area (Å²) in [4.78, 5) is 17.7. The van der Waals surface area contributed by atoms with Crippen molar-refractivity contribution >= 4 is 5.91 Å². The molecule has 0 spiro atoms. The van der Waals surface area contributed by atoms with Crippen molar-refractivity contribution < 1.29 is 19.7 Å². The average molecular weight is 292 g/mol. The van der Waals surface area contributed by atoms with E-state index in [9.17, 15) is 9.90 Å². The van der Waals surface area contributed by atoms with Crippen LogP contribution in [0.5, 0.6) is 0 Å². The van der Waals surface area contributed by atoms with Crippen molar-refractivity contribution in [1.29, 1.82) is 0 Å². The number of methoxy groups -OCH3 is 1. The zero-order valence-electron chi connectivity index (χ0n) is 12.2. The van der Waals surface area contributed by atoms with Gasteiger partial charge in [0.1, 0.15) is 0 Å². The first-order valence-corrected chi connectivity index (χ1v) is 6.56. The minimum absolute atomic E-state index is 0.0281. The molecule has 1 amide bonds. The maximum Gasteiger partial charge on any atom is 0.255 e. The first-order chi connectivity index (χ1) is 10.1. The number of pyridine rings is 1. The molecule has 1 rings (SSSR count). The topological polar surface area (TPSA) is 82.9 Å². The Labute approximate surface area is 124 Å². The molecule has 1 aromatic heterocycles. The molecule has 21 heavy (non-hydrogen) atoms.